The van der Waals surface area contributed by atoms with Crippen molar-refractivity contribution >= 4 is 154 Å². The van der Waals surface area contributed by atoms with Crippen LogP contribution in [-0.2, 0) is 0 Å². The molecule has 6 nitrogen and oxygen atoms in total. The van der Waals surface area contributed by atoms with E-state index in [1.165, 1.54) is 43.5 Å². The first-order valence-corrected chi connectivity index (χ1v) is 27.4. The van der Waals surface area contributed by atoms with Crippen molar-refractivity contribution in [3.05, 3.63) is 260 Å². The third-order valence-corrected chi connectivity index (χ3v) is 17.0. The summed E-state index contributed by atoms with van der Waals surface area (Å²) in [5.74, 6) is 0.978. The van der Waals surface area contributed by atoms with Crippen molar-refractivity contribution in [2.45, 2.75) is 12.5 Å². The van der Waals surface area contributed by atoms with Crippen LogP contribution in [0.1, 0.15) is 12.0 Å². The van der Waals surface area contributed by atoms with E-state index in [0.29, 0.717) is 6.42 Å². The molecule has 0 saturated carbocycles. The highest BCUT2D eigenvalue weighted by Gasteiger charge is 2.36. The van der Waals surface area contributed by atoms with Crippen LogP contribution in [0.3, 0.4) is 0 Å². The van der Waals surface area contributed by atoms with Crippen molar-refractivity contribution in [3.8, 4) is 5.75 Å². The molecule has 80 heavy (non-hydrogen) atoms. The Morgan fingerprint density at radius 3 is 1.38 bits per heavy atom. The smallest absolute Gasteiger partial charge is 0.143 e. The molecule has 0 spiro atoms. The number of hydrogen-bond donors (Lipinski definition) is 0. The maximum absolute atomic E-state index is 7.00. The van der Waals surface area contributed by atoms with Crippen molar-refractivity contribution in [1.29, 1.82) is 0 Å². The largest absolute Gasteiger partial charge is 0.484 e. The topological polar surface area (TPSA) is 55.1 Å². The lowest BCUT2D eigenvalue weighted by atomic mass is 9.89. The molecule has 0 fully saturated rings. The predicted molar refractivity (Wildman–Crippen MR) is 331 cm³/mol. The second-order valence-corrected chi connectivity index (χ2v) is 21.4. The van der Waals surface area contributed by atoms with Gasteiger partial charge in [0.15, 0.2) is 0 Å². The van der Waals surface area contributed by atoms with Crippen molar-refractivity contribution in [2.24, 2.45) is 0 Å². The molecule has 374 valence electrons. The Morgan fingerprint density at radius 2 is 0.762 bits per heavy atom. The van der Waals surface area contributed by atoms with Gasteiger partial charge in [0, 0.05) is 113 Å². The number of fused-ring (bicyclic) bond motifs is 23. The van der Waals surface area contributed by atoms with Gasteiger partial charge in [-0.3, -0.25) is 0 Å². The highest BCUT2D eigenvalue weighted by atomic mass is 16.5. The molecule has 13 aromatic carbocycles. The quantitative estimate of drug-likeness (QED) is 0.155. The molecule has 3 aromatic heterocycles. The fraction of sp³-hybridized carbons (Fsp3) is 0.0270. The van der Waals surface area contributed by atoms with E-state index in [0.717, 1.165) is 127 Å². The molecule has 1 aliphatic carbocycles. The third kappa shape index (κ3) is 6.30. The Labute approximate surface area is 457 Å². The molecular weight excluding hydrogens is 981 g/mol. The molecule has 0 bridgehead atoms. The maximum Gasteiger partial charge on any atom is 0.143 e. The molecule has 18 rings (SSSR count). The molecule has 0 saturated heterocycles. The number of ether oxygens (including phenoxy) is 1. The molecule has 2 aliphatic rings. The number of rotatable bonds is 6. The number of hydrogen-bond acceptors (Lipinski definition) is 6. The Hall–Kier alpha value is -10.6. The van der Waals surface area contributed by atoms with Crippen LogP contribution < -0.4 is 14.5 Å². The van der Waals surface area contributed by atoms with Gasteiger partial charge in [-0.15, -0.1) is 0 Å². The fourth-order valence-corrected chi connectivity index (χ4v) is 13.5. The Morgan fingerprint density at radius 1 is 0.312 bits per heavy atom. The standard InChI is InChI=1S/C74H44N2O4/c1-3-15-45(16-4-1)75(49-29-33-61-69(41-49)79-73-59-25-13-9-21-53(59)51-19-7-11-23-57(51)71(61)73)47-27-31-55-63-35-43-38-66-64(36-44(43)37-65(63)77-67(55)39-47)56-32-28-48(40-68(56)78-66)76(46-17-5-2-6-18-46)50-30-34-62-70(42-50)80-74-60-26-14-10-22-54(60)52-20-8-12-24-58(52)72(62)74/h1-41,70H,42H2. The summed E-state index contributed by atoms with van der Waals surface area (Å²) in [5.41, 5.74) is 13.7. The molecule has 0 radical (unpaired) electrons. The summed E-state index contributed by atoms with van der Waals surface area (Å²) < 4.78 is 27.5. The van der Waals surface area contributed by atoms with Crippen molar-refractivity contribution < 1.29 is 18.0 Å². The number of anilines is 5. The van der Waals surface area contributed by atoms with Crippen LogP contribution in [0.25, 0.3) is 125 Å². The lowest BCUT2D eigenvalue weighted by Crippen LogP contribution is -2.24. The average Bonchev–Trinajstić information content (AvgIpc) is 4.43. The Kier molecular flexibility index (Phi) is 8.97. The molecule has 4 heterocycles. The normalized spacial score (nSPS) is 14.3. The third-order valence-electron chi connectivity index (χ3n) is 17.0. The lowest BCUT2D eigenvalue weighted by molar-refractivity contribution is 0.277. The second-order valence-electron chi connectivity index (χ2n) is 21.4. The zero-order valence-corrected chi connectivity index (χ0v) is 43.0. The van der Waals surface area contributed by atoms with Gasteiger partial charge in [0.05, 0.1) is 0 Å². The summed E-state index contributed by atoms with van der Waals surface area (Å²) in [6.07, 6.45) is 5.15. The van der Waals surface area contributed by atoms with Crippen LogP contribution in [0.2, 0.25) is 0 Å². The van der Waals surface area contributed by atoms with Gasteiger partial charge in [-0.25, -0.2) is 0 Å². The fourth-order valence-electron chi connectivity index (χ4n) is 13.5. The highest BCUT2D eigenvalue weighted by molar-refractivity contribution is 6.30. The van der Waals surface area contributed by atoms with E-state index >= 15 is 0 Å². The van der Waals surface area contributed by atoms with Crippen molar-refractivity contribution in [1.82, 2.24) is 0 Å². The van der Waals surface area contributed by atoms with Crippen LogP contribution in [0.4, 0.5) is 28.4 Å². The van der Waals surface area contributed by atoms with E-state index in [-0.39, 0.29) is 6.10 Å². The van der Waals surface area contributed by atoms with E-state index in [9.17, 15) is 0 Å². The van der Waals surface area contributed by atoms with Crippen LogP contribution in [0, 0.1) is 0 Å². The zero-order valence-electron chi connectivity index (χ0n) is 43.0. The minimum Gasteiger partial charge on any atom is -0.484 e. The summed E-state index contributed by atoms with van der Waals surface area (Å²) >= 11 is 0. The van der Waals surface area contributed by atoms with Gasteiger partial charge >= 0.3 is 0 Å². The van der Waals surface area contributed by atoms with Gasteiger partial charge in [-0.05, 0) is 134 Å². The van der Waals surface area contributed by atoms with E-state index in [2.05, 4.69) is 259 Å². The molecule has 0 N–H and O–H groups in total. The zero-order chi connectivity index (χ0) is 52.2. The van der Waals surface area contributed by atoms with E-state index in [1.807, 2.05) is 0 Å². The minimum atomic E-state index is -0.120. The number of benzene rings is 13. The number of furan rings is 3. The van der Waals surface area contributed by atoms with E-state index in [4.69, 9.17) is 18.0 Å². The second kappa shape index (κ2) is 16.5. The van der Waals surface area contributed by atoms with Gasteiger partial charge in [0.25, 0.3) is 0 Å². The number of allylic oxidation sites excluding steroid dienone is 2. The monoisotopic (exact) mass is 1020 g/mol. The molecule has 6 heteroatoms. The lowest BCUT2D eigenvalue weighted by Gasteiger charge is -2.31. The molecule has 16 aromatic rings. The van der Waals surface area contributed by atoms with Crippen LogP contribution in [0.15, 0.2) is 268 Å². The van der Waals surface area contributed by atoms with E-state index < -0.39 is 0 Å². The molecule has 1 aliphatic heterocycles. The molecular formula is C74H44N2O4. The SMILES string of the molecule is C1=C2c3c(c4ccccc4c4ccccc34)OC2CC(N(c2ccccc2)c2ccc3c(c2)oc2cc4cc5c(cc4cc23)oc2cc(N(c3ccccc3)c3ccc4c(c3)oc3c6ccccc6c6ccccc6c43)ccc25)=C1. The first kappa shape index (κ1) is 43.5. The summed E-state index contributed by atoms with van der Waals surface area (Å²) in [6, 6.07) is 84.3. The van der Waals surface area contributed by atoms with Gasteiger partial charge in [-0.1, -0.05) is 140 Å². The number of nitrogens with zero attached hydrogens (tertiary/aromatic N) is 2. The summed E-state index contributed by atoms with van der Waals surface area (Å²) in [5, 5.41) is 18.2. The summed E-state index contributed by atoms with van der Waals surface area (Å²) in [7, 11) is 0. The van der Waals surface area contributed by atoms with Crippen molar-refractivity contribution in [3.63, 3.8) is 0 Å². The number of para-hydroxylation sites is 2. The first-order chi connectivity index (χ1) is 39.6. The Bertz CT molecular complexity index is 5390. The minimum absolute atomic E-state index is 0.120. The molecule has 0 amide bonds. The van der Waals surface area contributed by atoms with Gasteiger partial charge < -0.3 is 27.8 Å². The molecule has 1 atom stereocenters. The average molecular weight is 1030 g/mol. The van der Waals surface area contributed by atoms with Crippen LogP contribution in [-0.4, -0.2) is 6.10 Å². The predicted octanol–water partition coefficient (Wildman–Crippen LogP) is 20.9. The maximum atomic E-state index is 7.00. The van der Waals surface area contributed by atoms with Crippen LogP contribution >= 0.6 is 0 Å². The van der Waals surface area contributed by atoms with Crippen LogP contribution in [0.5, 0.6) is 5.75 Å². The van der Waals surface area contributed by atoms with Crippen molar-refractivity contribution in [2.75, 3.05) is 9.80 Å². The summed E-state index contributed by atoms with van der Waals surface area (Å²) in [6.45, 7) is 0. The van der Waals surface area contributed by atoms with Gasteiger partial charge in [0.2, 0.25) is 0 Å². The Balaban J connectivity index is 0.712. The van der Waals surface area contributed by atoms with Gasteiger partial charge in [0.1, 0.15) is 45.4 Å². The summed E-state index contributed by atoms with van der Waals surface area (Å²) in [4.78, 5) is 4.63. The highest BCUT2D eigenvalue weighted by Crippen LogP contribution is 2.52. The molecule has 1 unspecified atom stereocenters. The van der Waals surface area contributed by atoms with Gasteiger partial charge in [-0.2, -0.15) is 0 Å². The first-order valence-electron chi connectivity index (χ1n) is 27.4. The van der Waals surface area contributed by atoms with E-state index in [1.54, 1.807) is 0 Å².